The van der Waals surface area contributed by atoms with Crippen LogP contribution in [0.3, 0.4) is 0 Å². The van der Waals surface area contributed by atoms with Gasteiger partial charge >= 0.3 is 0 Å². The molecule has 1 N–H and O–H groups in total. The van der Waals surface area contributed by atoms with E-state index >= 15 is 0 Å². The Morgan fingerprint density at radius 2 is 1.88 bits per heavy atom. The molecule has 1 aliphatic heterocycles. The van der Waals surface area contributed by atoms with Crippen LogP contribution < -0.4 is 10.2 Å². The van der Waals surface area contributed by atoms with Gasteiger partial charge in [-0.3, -0.25) is 9.59 Å². The molecule has 1 fully saturated rings. The van der Waals surface area contributed by atoms with E-state index in [-0.39, 0.29) is 17.4 Å². The summed E-state index contributed by atoms with van der Waals surface area (Å²) < 4.78 is 0. The number of nitrogens with zero attached hydrogens (tertiary/aromatic N) is 3. The van der Waals surface area contributed by atoms with Crippen molar-refractivity contribution in [3.05, 3.63) is 47.7 Å². The lowest BCUT2D eigenvalue weighted by Gasteiger charge is -2.31. The van der Waals surface area contributed by atoms with Gasteiger partial charge in [0.05, 0.1) is 0 Å². The van der Waals surface area contributed by atoms with E-state index in [1.807, 2.05) is 6.07 Å². The molecular formula is C19H22N4O2. The molecule has 1 unspecified atom stereocenters. The zero-order valence-electron chi connectivity index (χ0n) is 14.5. The lowest BCUT2D eigenvalue weighted by Crippen LogP contribution is -2.35. The van der Waals surface area contributed by atoms with E-state index in [1.165, 1.54) is 13.3 Å². The van der Waals surface area contributed by atoms with Gasteiger partial charge in [-0.2, -0.15) is 0 Å². The first-order valence-electron chi connectivity index (χ1n) is 8.54. The Kier molecular flexibility index (Phi) is 5.07. The van der Waals surface area contributed by atoms with E-state index in [0.29, 0.717) is 17.2 Å². The smallest absolute Gasteiger partial charge is 0.276 e. The Balaban J connectivity index is 1.65. The maximum atomic E-state index is 12.3. The topological polar surface area (TPSA) is 75.2 Å². The fourth-order valence-corrected chi connectivity index (χ4v) is 3.00. The van der Waals surface area contributed by atoms with Gasteiger partial charge in [0.25, 0.3) is 5.91 Å². The van der Waals surface area contributed by atoms with E-state index in [2.05, 4.69) is 27.3 Å². The lowest BCUT2D eigenvalue weighted by molar-refractivity contribution is 0.101. The van der Waals surface area contributed by atoms with Gasteiger partial charge in [-0.1, -0.05) is 6.92 Å². The summed E-state index contributed by atoms with van der Waals surface area (Å²) in [6.07, 6.45) is 2.40. The third kappa shape index (κ3) is 4.21. The number of anilines is 2. The van der Waals surface area contributed by atoms with E-state index in [4.69, 9.17) is 0 Å². The standard InChI is InChI=1S/C19H22N4O2/c1-13-4-3-11-23(12-13)18-10-9-17(21-22-18)19(25)20-16-7-5-15(6-8-16)14(2)24/h5-10,13H,3-4,11-12H2,1-2H3,(H,20,25). The van der Waals surface area contributed by atoms with Gasteiger partial charge in [0, 0.05) is 24.3 Å². The summed E-state index contributed by atoms with van der Waals surface area (Å²) in [5, 5.41) is 11.0. The number of piperidine rings is 1. The highest BCUT2D eigenvalue weighted by molar-refractivity contribution is 6.03. The van der Waals surface area contributed by atoms with E-state index < -0.39 is 0 Å². The summed E-state index contributed by atoms with van der Waals surface area (Å²) in [7, 11) is 0. The SMILES string of the molecule is CC(=O)c1ccc(NC(=O)c2ccc(N3CCCC(C)C3)nn2)cc1. The van der Waals surface area contributed by atoms with Crippen molar-refractivity contribution in [3.8, 4) is 0 Å². The Morgan fingerprint density at radius 3 is 2.48 bits per heavy atom. The molecular weight excluding hydrogens is 316 g/mol. The quantitative estimate of drug-likeness (QED) is 0.867. The molecule has 1 aromatic carbocycles. The summed E-state index contributed by atoms with van der Waals surface area (Å²) in [6.45, 7) is 5.70. The van der Waals surface area contributed by atoms with Gasteiger partial charge in [0.1, 0.15) is 0 Å². The molecule has 1 aromatic heterocycles. The fourth-order valence-electron chi connectivity index (χ4n) is 3.00. The normalized spacial score (nSPS) is 17.2. The molecule has 0 radical (unpaired) electrons. The van der Waals surface area contributed by atoms with Gasteiger partial charge in [-0.15, -0.1) is 10.2 Å². The maximum Gasteiger partial charge on any atom is 0.276 e. The van der Waals surface area contributed by atoms with Crippen molar-refractivity contribution < 1.29 is 9.59 Å². The lowest BCUT2D eigenvalue weighted by atomic mass is 10.0. The molecule has 6 nitrogen and oxygen atoms in total. The molecule has 2 heterocycles. The molecule has 0 aliphatic carbocycles. The average molecular weight is 338 g/mol. The van der Waals surface area contributed by atoms with Crippen molar-refractivity contribution >= 4 is 23.2 Å². The van der Waals surface area contributed by atoms with Crippen LogP contribution in [0.15, 0.2) is 36.4 Å². The number of hydrogen-bond donors (Lipinski definition) is 1. The second kappa shape index (κ2) is 7.42. The van der Waals surface area contributed by atoms with Crippen LogP contribution in [0.5, 0.6) is 0 Å². The minimum Gasteiger partial charge on any atom is -0.355 e. The first kappa shape index (κ1) is 17.1. The molecule has 0 bridgehead atoms. The second-order valence-corrected chi connectivity index (χ2v) is 6.56. The van der Waals surface area contributed by atoms with E-state index in [1.54, 1.807) is 30.3 Å². The first-order chi connectivity index (χ1) is 12.0. The summed E-state index contributed by atoms with van der Waals surface area (Å²) in [6, 6.07) is 10.3. The van der Waals surface area contributed by atoms with E-state index in [0.717, 1.165) is 25.3 Å². The highest BCUT2D eigenvalue weighted by Crippen LogP contribution is 2.20. The number of benzene rings is 1. The number of carbonyl (C=O) groups is 2. The third-order valence-electron chi connectivity index (χ3n) is 4.41. The van der Waals surface area contributed by atoms with Crippen molar-refractivity contribution in [1.29, 1.82) is 0 Å². The number of carbonyl (C=O) groups excluding carboxylic acids is 2. The highest BCUT2D eigenvalue weighted by Gasteiger charge is 2.18. The Labute approximate surface area is 147 Å². The minimum absolute atomic E-state index is 0.00800. The van der Waals surface area contributed by atoms with Crippen LogP contribution in [0.25, 0.3) is 0 Å². The molecule has 6 heteroatoms. The van der Waals surface area contributed by atoms with Crippen LogP contribution >= 0.6 is 0 Å². The molecule has 1 aliphatic rings. The molecule has 1 saturated heterocycles. The summed E-state index contributed by atoms with van der Waals surface area (Å²) in [4.78, 5) is 25.8. The molecule has 130 valence electrons. The largest absolute Gasteiger partial charge is 0.355 e. The molecule has 0 saturated carbocycles. The van der Waals surface area contributed by atoms with Crippen LogP contribution in [0.4, 0.5) is 11.5 Å². The number of hydrogen-bond acceptors (Lipinski definition) is 5. The number of rotatable bonds is 4. The Bertz CT molecular complexity index is 756. The van der Waals surface area contributed by atoms with Crippen LogP contribution in [0, 0.1) is 5.92 Å². The van der Waals surface area contributed by atoms with Gasteiger partial charge in [-0.25, -0.2) is 0 Å². The molecule has 2 aromatic rings. The number of nitrogens with one attached hydrogen (secondary N) is 1. The van der Waals surface area contributed by atoms with E-state index in [9.17, 15) is 9.59 Å². The van der Waals surface area contributed by atoms with Gasteiger partial charge < -0.3 is 10.2 Å². The van der Waals surface area contributed by atoms with Crippen LogP contribution in [0.2, 0.25) is 0 Å². The van der Waals surface area contributed by atoms with Gasteiger partial charge in [-0.05, 0) is 62.1 Å². The average Bonchev–Trinajstić information content (AvgIpc) is 2.62. The van der Waals surface area contributed by atoms with Crippen molar-refractivity contribution in [3.63, 3.8) is 0 Å². The predicted octanol–water partition coefficient (Wildman–Crippen LogP) is 3.17. The van der Waals surface area contributed by atoms with Crippen molar-refractivity contribution in [2.45, 2.75) is 26.7 Å². The Hall–Kier alpha value is -2.76. The zero-order valence-corrected chi connectivity index (χ0v) is 14.5. The summed E-state index contributed by atoms with van der Waals surface area (Å²) in [5.74, 6) is 1.14. The number of ketones is 1. The molecule has 0 spiro atoms. The highest BCUT2D eigenvalue weighted by atomic mass is 16.2. The third-order valence-corrected chi connectivity index (χ3v) is 4.41. The molecule has 25 heavy (non-hydrogen) atoms. The first-order valence-corrected chi connectivity index (χ1v) is 8.54. The van der Waals surface area contributed by atoms with Gasteiger partial charge in [0.2, 0.25) is 0 Å². The predicted molar refractivity (Wildman–Crippen MR) is 97.0 cm³/mol. The fraction of sp³-hybridized carbons (Fsp3) is 0.368. The number of aromatic nitrogens is 2. The van der Waals surface area contributed by atoms with Crippen molar-refractivity contribution in [2.75, 3.05) is 23.3 Å². The molecule has 1 amide bonds. The van der Waals surface area contributed by atoms with Crippen LogP contribution in [-0.4, -0.2) is 35.0 Å². The monoisotopic (exact) mass is 338 g/mol. The molecule has 3 rings (SSSR count). The molecule has 1 atom stereocenters. The maximum absolute atomic E-state index is 12.3. The van der Waals surface area contributed by atoms with Crippen molar-refractivity contribution in [2.24, 2.45) is 5.92 Å². The zero-order chi connectivity index (χ0) is 17.8. The van der Waals surface area contributed by atoms with Gasteiger partial charge in [0.15, 0.2) is 17.3 Å². The number of amides is 1. The summed E-state index contributed by atoms with van der Waals surface area (Å²) >= 11 is 0. The Morgan fingerprint density at radius 1 is 1.12 bits per heavy atom. The van der Waals surface area contributed by atoms with Crippen molar-refractivity contribution in [1.82, 2.24) is 10.2 Å². The van der Waals surface area contributed by atoms with Crippen LogP contribution in [0.1, 0.15) is 47.5 Å². The summed E-state index contributed by atoms with van der Waals surface area (Å²) in [5.41, 5.74) is 1.49. The number of Topliss-reactive ketones (excluding diaryl/α,β-unsaturated/α-hetero) is 1. The second-order valence-electron chi connectivity index (χ2n) is 6.56. The van der Waals surface area contributed by atoms with Crippen LogP contribution in [-0.2, 0) is 0 Å². The minimum atomic E-state index is -0.318.